The Kier molecular flexibility index (Phi) is 12.9. The van der Waals surface area contributed by atoms with Gasteiger partial charge in [-0.1, -0.05) is 24.3 Å². The van der Waals surface area contributed by atoms with Gasteiger partial charge in [0, 0.05) is 37.2 Å². The fourth-order valence-electron chi connectivity index (χ4n) is 10.3. The number of carbonyl (C=O) groups excluding carboxylic acids is 1. The van der Waals surface area contributed by atoms with Crippen LogP contribution in [0.3, 0.4) is 0 Å². The number of anilines is 2. The second-order valence-electron chi connectivity index (χ2n) is 19.8. The molecule has 3 aromatic carbocycles. The highest BCUT2D eigenvalue weighted by molar-refractivity contribution is 5.98. The Morgan fingerprint density at radius 2 is 1.59 bits per heavy atom. The molecule has 1 aliphatic carbocycles. The van der Waals surface area contributed by atoms with Crippen LogP contribution in [0, 0.1) is 24.0 Å². The van der Waals surface area contributed by atoms with Gasteiger partial charge in [-0.2, -0.15) is 23.1 Å². The smallest absolute Gasteiger partial charge is 0.417 e. The topological polar surface area (TPSA) is 144 Å². The first-order valence-corrected chi connectivity index (χ1v) is 23.5. The van der Waals surface area contributed by atoms with Gasteiger partial charge in [-0.3, -0.25) is 4.90 Å². The molecule has 0 spiro atoms. The quantitative estimate of drug-likeness (QED) is 0.102. The number of benzene rings is 3. The molecule has 0 radical (unpaired) electrons. The van der Waals surface area contributed by atoms with E-state index in [4.69, 9.17) is 28.7 Å². The molecule has 14 nitrogen and oxygen atoms in total. The van der Waals surface area contributed by atoms with Crippen molar-refractivity contribution in [2.24, 2.45) is 5.41 Å². The molecule has 5 atom stereocenters. The molecule has 19 heteroatoms. The first-order chi connectivity index (χ1) is 33.2. The van der Waals surface area contributed by atoms with Crippen LogP contribution in [0.4, 0.5) is 38.3 Å². The Balaban J connectivity index is 1.22. The molecule has 2 saturated heterocycles. The predicted molar refractivity (Wildman–Crippen MR) is 252 cm³/mol. The Morgan fingerprint density at radius 3 is 2.14 bits per heavy atom. The average Bonchev–Trinajstić information content (AvgIpc) is 4.07. The number of hydrogen-bond acceptors (Lipinski definition) is 13. The van der Waals surface area contributed by atoms with E-state index in [0.717, 1.165) is 13.0 Å². The number of aliphatic hydroxyl groups excluding tert-OH is 1. The van der Waals surface area contributed by atoms with Crippen LogP contribution in [0.2, 0.25) is 0 Å². The van der Waals surface area contributed by atoms with E-state index in [2.05, 4.69) is 15.3 Å². The highest BCUT2D eigenvalue weighted by Gasteiger charge is 2.54. The Bertz CT molecular complexity index is 2720. The summed E-state index contributed by atoms with van der Waals surface area (Å²) in [5.74, 6) is -1.34. The minimum Gasteiger partial charge on any atom is -0.497 e. The van der Waals surface area contributed by atoms with Gasteiger partial charge in [0.2, 0.25) is 5.88 Å². The van der Waals surface area contributed by atoms with Crippen LogP contribution in [0.5, 0.6) is 23.4 Å². The van der Waals surface area contributed by atoms with Crippen molar-refractivity contribution >= 4 is 28.5 Å². The van der Waals surface area contributed by atoms with E-state index in [1.165, 1.54) is 14.2 Å². The first kappa shape index (κ1) is 48.8. The maximum absolute atomic E-state index is 18.0. The summed E-state index contributed by atoms with van der Waals surface area (Å²) >= 11 is 0. The molecule has 1 unspecified atom stereocenters. The second-order valence-corrected chi connectivity index (χ2v) is 19.8. The summed E-state index contributed by atoms with van der Waals surface area (Å²) in [6.45, 7) is 8.67. The number of hydrogen-bond donors (Lipinski definition) is 2. The maximum Gasteiger partial charge on any atom is 0.417 e. The normalized spacial score (nSPS) is 20.6. The van der Waals surface area contributed by atoms with Crippen molar-refractivity contribution in [1.82, 2.24) is 25.2 Å². The number of pyridine rings is 1. The number of piperazine rings is 1. The summed E-state index contributed by atoms with van der Waals surface area (Å²) in [4.78, 5) is 33.0. The number of aromatic nitrogens is 3. The standard InChI is InChI=1S/C51H58F5N7O7/c1-27-39(51(54,55)56)34(21-36(40(27)52)61(23-29-9-14-32(66-7)15-10-29)24-30-11-16-33(67-8)17-12-30)42-41(53)43-38-45(60-47(59-43)68-26-50(19-20-50)37(64)22-57-6)62-25-31-13-18-35(44(62)28(2)69-46(38)58-42)63(31)48(65)70-49(3,4)5/h9-12,14-17,21,28,31,35,37,44,57,64H,13,18-20,22-26H2,1-8H3/t28-,31+,35-,37?,44+/m0/s1. The van der Waals surface area contributed by atoms with Crippen LogP contribution in [0.1, 0.15) is 75.6 Å². The molecule has 2 bridgehead atoms. The predicted octanol–water partition coefficient (Wildman–Crippen LogP) is 9.00. The van der Waals surface area contributed by atoms with Gasteiger partial charge in [0.25, 0.3) is 0 Å². The molecule has 374 valence electrons. The van der Waals surface area contributed by atoms with E-state index < -0.39 is 87.1 Å². The van der Waals surface area contributed by atoms with Crippen LogP contribution in [-0.4, -0.2) is 108 Å². The van der Waals surface area contributed by atoms with Crippen LogP contribution in [-0.2, 0) is 24.0 Å². The van der Waals surface area contributed by atoms with E-state index in [1.807, 2.05) is 4.90 Å². The zero-order valence-corrected chi connectivity index (χ0v) is 40.4. The number of likely N-dealkylation sites (N-methyl/N-ethyl adjacent to an activating group) is 1. The summed E-state index contributed by atoms with van der Waals surface area (Å²) in [6, 6.07) is 13.2. The van der Waals surface area contributed by atoms with Crippen molar-refractivity contribution in [2.75, 3.05) is 50.8 Å². The minimum absolute atomic E-state index is 0.00215. The van der Waals surface area contributed by atoms with E-state index in [-0.39, 0.29) is 61.1 Å². The van der Waals surface area contributed by atoms with Gasteiger partial charge in [0.1, 0.15) is 51.4 Å². The molecular formula is C51H58F5N7O7. The number of aliphatic hydroxyl groups is 1. The van der Waals surface area contributed by atoms with E-state index >= 15 is 22.0 Å². The molecule has 5 aromatic rings. The maximum atomic E-state index is 18.0. The van der Waals surface area contributed by atoms with Crippen LogP contribution in [0.25, 0.3) is 22.2 Å². The molecule has 9 rings (SSSR count). The number of methoxy groups -OCH3 is 2. The van der Waals surface area contributed by atoms with Crippen molar-refractivity contribution in [3.8, 4) is 34.6 Å². The third-order valence-corrected chi connectivity index (χ3v) is 14.0. The Labute approximate surface area is 403 Å². The van der Waals surface area contributed by atoms with Crippen molar-refractivity contribution in [2.45, 2.75) is 116 Å². The summed E-state index contributed by atoms with van der Waals surface area (Å²) in [5, 5.41) is 14.0. The van der Waals surface area contributed by atoms with E-state index in [0.29, 0.717) is 54.9 Å². The van der Waals surface area contributed by atoms with Crippen LogP contribution in [0.15, 0.2) is 54.6 Å². The molecule has 70 heavy (non-hydrogen) atoms. The minimum atomic E-state index is -5.19. The Hall–Kier alpha value is -6.21. The van der Waals surface area contributed by atoms with Crippen molar-refractivity contribution in [1.29, 1.82) is 0 Å². The largest absolute Gasteiger partial charge is 0.497 e. The van der Waals surface area contributed by atoms with E-state index in [1.54, 1.807) is 93.1 Å². The number of rotatable bonds is 14. The van der Waals surface area contributed by atoms with Gasteiger partial charge in [-0.15, -0.1) is 0 Å². The van der Waals surface area contributed by atoms with Gasteiger partial charge in [0.05, 0.1) is 56.3 Å². The number of nitrogens with zero attached hydrogens (tertiary/aromatic N) is 6. The summed E-state index contributed by atoms with van der Waals surface area (Å²) in [7, 11) is 4.76. The molecule has 1 amide bonds. The molecule has 5 heterocycles. The third kappa shape index (κ3) is 9.17. The SMILES string of the molecule is CNCC(O)C1(COc2nc3c4c(nc(-c5cc(N(Cc6ccc(OC)cc6)Cc6ccc(OC)cc6)c(F)c(C)c5C(F)(F)F)c(F)c4n2)O[C@@H](C)[C@@H]2[C@@H]4CC[C@H](CN32)N4C(=O)OC(C)(C)C)CC1. The highest BCUT2D eigenvalue weighted by Crippen LogP contribution is 2.51. The molecule has 4 aliphatic rings. The zero-order chi connectivity index (χ0) is 50.0. The molecule has 1 saturated carbocycles. The molecule has 2 aromatic heterocycles. The second kappa shape index (κ2) is 18.5. The summed E-state index contributed by atoms with van der Waals surface area (Å²) in [5.41, 5.74) is -4.44. The molecule has 3 fully saturated rings. The van der Waals surface area contributed by atoms with Crippen molar-refractivity contribution in [3.05, 3.63) is 88.5 Å². The van der Waals surface area contributed by atoms with Crippen molar-refractivity contribution < 1.29 is 55.5 Å². The zero-order valence-electron chi connectivity index (χ0n) is 40.4. The molecule has 3 aliphatic heterocycles. The van der Waals surface area contributed by atoms with Gasteiger partial charge >= 0.3 is 18.3 Å². The fourth-order valence-corrected chi connectivity index (χ4v) is 10.3. The third-order valence-electron chi connectivity index (χ3n) is 14.0. The lowest BCUT2D eigenvalue weighted by Crippen LogP contribution is -2.65. The highest BCUT2D eigenvalue weighted by atomic mass is 19.4. The van der Waals surface area contributed by atoms with Crippen molar-refractivity contribution in [3.63, 3.8) is 0 Å². The number of amides is 1. The molecule has 2 N–H and O–H groups in total. The number of nitrogens with one attached hydrogen (secondary N) is 1. The van der Waals surface area contributed by atoms with Gasteiger partial charge in [-0.05, 0) is 114 Å². The van der Waals surface area contributed by atoms with Gasteiger partial charge < -0.3 is 43.9 Å². The number of fused-ring (bicyclic) bond motifs is 5. The first-order valence-electron chi connectivity index (χ1n) is 23.5. The summed E-state index contributed by atoms with van der Waals surface area (Å²) < 4.78 is 111. The lowest BCUT2D eigenvalue weighted by molar-refractivity contribution is -0.137. The fraction of sp³-hybridized carbons (Fsp3) is 0.490. The van der Waals surface area contributed by atoms with Crippen LogP contribution < -0.4 is 34.1 Å². The van der Waals surface area contributed by atoms with E-state index in [9.17, 15) is 9.90 Å². The summed E-state index contributed by atoms with van der Waals surface area (Å²) in [6.07, 6.45) is -4.77. The Morgan fingerprint density at radius 1 is 0.957 bits per heavy atom. The van der Waals surface area contributed by atoms with Gasteiger partial charge in [-0.25, -0.2) is 18.6 Å². The monoisotopic (exact) mass is 975 g/mol. The number of alkyl halides is 3. The number of halogens is 5. The lowest BCUT2D eigenvalue weighted by atomic mass is 9.95. The lowest BCUT2D eigenvalue weighted by Gasteiger charge is -2.48. The van der Waals surface area contributed by atoms with Crippen LogP contribution >= 0.6 is 0 Å². The van der Waals surface area contributed by atoms with Gasteiger partial charge in [0.15, 0.2) is 5.82 Å². The average molecular weight is 976 g/mol. The number of carbonyl (C=O) groups is 1. The number of ether oxygens (including phenoxy) is 5. The molecular weight excluding hydrogens is 918 g/mol.